The number of carbonyl (C=O) groups excluding carboxylic acids is 2. The number of likely N-dealkylation sites (tertiary alicyclic amines) is 1. The number of carbonyl (C=O) groups is 2. The fourth-order valence-corrected chi connectivity index (χ4v) is 4.84. The van der Waals surface area contributed by atoms with Crippen LogP contribution in [0.25, 0.3) is 0 Å². The van der Waals surface area contributed by atoms with Gasteiger partial charge in [0.25, 0.3) is 5.91 Å². The van der Waals surface area contributed by atoms with Crippen LogP contribution in [-0.4, -0.2) is 41.4 Å². The van der Waals surface area contributed by atoms with E-state index in [0.29, 0.717) is 24.9 Å². The molecule has 0 radical (unpaired) electrons. The van der Waals surface area contributed by atoms with Crippen molar-refractivity contribution in [3.8, 4) is 0 Å². The van der Waals surface area contributed by atoms with Gasteiger partial charge in [-0.25, -0.2) is 9.18 Å². The first-order chi connectivity index (χ1) is 15.9. The molecule has 6 heteroatoms. The molecular formula is C27H31FN2O3. The van der Waals surface area contributed by atoms with Crippen molar-refractivity contribution in [1.82, 2.24) is 9.80 Å². The van der Waals surface area contributed by atoms with Gasteiger partial charge in [0.1, 0.15) is 11.4 Å². The molecule has 2 aliphatic rings. The molecule has 5 nitrogen and oxygen atoms in total. The van der Waals surface area contributed by atoms with Gasteiger partial charge < -0.3 is 14.5 Å². The minimum absolute atomic E-state index is 0.0693. The smallest absolute Gasteiger partial charge is 0.411 e. The van der Waals surface area contributed by atoms with Crippen LogP contribution in [0.1, 0.15) is 66.6 Å². The number of piperidine rings is 1. The number of amides is 2. The van der Waals surface area contributed by atoms with Crippen molar-refractivity contribution >= 4 is 12.0 Å². The summed E-state index contributed by atoms with van der Waals surface area (Å²) in [7, 11) is 0. The Hall–Kier alpha value is -3.15. The third kappa shape index (κ3) is 4.80. The second-order valence-electron chi connectivity index (χ2n) is 8.96. The first-order valence-electron chi connectivity index (χ1n) is 11.7. The molecule has 2 fully saturated rings. The van der Waals surface area contributed by atoms with E-state index in [1.807, 2.05) is 36.1 Å². The maximum absolute atomic E-state index is 13.4. The van der Waals surface area contributed by atoms with Crippen molar-refractivity contribution < 1.29 is 18.7 Å². The van der Waals surface area contributed by atoms with Gasteiger partial charge in [0.2, 0.25) is 0 Å². The average molecular weight is 451 g/mol. The molecule has 2 aromatic carbocycles. The zero-order chi connectivity index (χ0) is 23.4. The third-order valence-electron chi connectivity index (χ3n) is 6.87. The first kappa shape index (κ1) is 23.0. The molecule has 2 amide bonds. The highest BCUT2D eigenvalue weighted by Crippen LogP contribution is 2.40. The van der Waals surface area contributed by atoms with E-state index in [9.17, 15) is 14.0 Å². The van der Waals surface area contributed by atoms with Gasteiger partial charge in [0.05, 0.1) is 6.04 Å². The highest BCUT2D eigenvalue weighted by atomic mass is 19.1. The molecular weight excluding hydrogens is 419 g/mol. The summed E-state index contributed by atoms with van der Waals surface area (Å²) in [5, 5.41) is 0. The Labute approximate surface area is 194 Å². The molecule has 0 N–H and O–H groups in total. The van der Waals surface area contributed by atoms with Crippen molar-refractivity contribution in [3.63, 3.8) is 0 Å². The van der Waals surface area contributed by atoms with Crippen LogP contribution >= 0.6 is 0 Å². The van der Waals surface area contributed by atoms with Crippen LogP contribution in [0.5, 0.6) is 0 Å². The minimum atomic E-state index is -0.840. The molecule has 174 valence electrons. The van der Waals surface area contributed by atoms with Crippen LogP contribution < -0.4 is 0 Å². The Morgan fingerprint density at radius 1 is 1.09 bits per heavy atom. The van der Waals surface area contributed by atoms with Gasteiger partial charge in [-0.15, -0.1) is 6.58 Å². The summed E-state index contributed by atoms with van der Waals surface area (Å²) in [5.41, 5.74) is 1.55. The highest BCUT2D eigenvalue weighted by molar-refractivity contribution is 5.94. The molecule has 2 saturated heterocycles. The monoisotopic (exact) mass is 450 g/mol. The molecule has 2 unspecified atom stereocenters. The summed E-state index contributed by atoms with van der Waals surface area (Å²) in [6, 6.07) is 13.4. The van der Waals surface area contributed by atoms with Gasteiger partial charge >= 0.3 is 6.09 Å². The van der Waals surface area contributed by atoms with Gasteiger partial charge in [-0.3, -0.25) is 4.79 Å². The van der Waals surface area contributed by atoms with Gasteiger partial charge in [0.15, 0.2) is 0 Å². The van der Waals surface area contributed by atoms with Gasteiger partial charge in [-0.2, -0.15) is 0 Å². The number of rotatable bonds is 6. The number of benzene rings is 2. The predicted octanol–water partition coefficient (Wildman–Crippen LogP) is 5.83. The van der Waals surface area contributed by atoms with Crippen LogP contribution in [0, 0.1) is 5.82 Å². The topological polar surface area (TPSA) is 49.9 Å². The fraction of sp³-hybridized carbons (Fsp3) is 0.407. The lowest BCUT2D eigenvalue weighted by Gasteiger charge is -2.43. The molecule has 2 aliphatic heterocycles. The summed E-state index contributed by atoms with van der Waals surface area (Å²) in [4.78, 5) is 29.4. The average Bonchev–Trinajstić information content (AvgIpc) is 2.84. The van der Waals surface area contributed by atoms with Crippen molar-refractivity contribution in [2.75, 3.05) is 19.6 Å². The largest absolute Gasteiger partial charge is 0.437 e. The standard InChI is InChI=1S/C27H31FN2O3/c1-3-15-27(23-11-13-24(28)14-12-23)16-19-30(26(32)33-27)20(2)21-7-9-22(10-8-21)25(31)29-17-5-4-6-18-29/h3,7-14,20H,1,4-6,15-19H2,2H3. The number of hydrogen-bond acceptors (Lipinski definition) is 3. The summed E-state index contributed by atoms with van der Waals surface area (Å²) in [5.74, 6) is -0.258. The molecule has 2 heterocycles. The number of cyclic esters (lactones) is 1. The number of ether oxygens (including phenoxy) is 1. The molecule has 4 rings (SSSR count). The van der Waals surface area contributed by atoms with Crippen LogP contribution in [0.4, 0.5) is 9.18 Å². The normalized spacial score (nSPS) is 21.9. The second-order valence-corrected chi connectivity index (χ2v) is 8.96. The van der Waals surface area contributed by atoms with Crippen LogP contribution in [-0.2, 0) is 10.3 Å². The first-order valence-corrected chi connectivity index (χ1v) is 11.7. The van der Waals surface area contributed by atoms with E-state index in [4.69, 9.17) is 4.74 Å². The maximum atomic E-state index is 13.4. The van der Waals surface area contributed by atoms with Crippen molar-refractivity contribution in [2.24, 2.45) is 0 Å². The Kier molecular flexibility index (Phi) is 6.82. The van der Waals surface area contributed by atoms with Crippen LogP contribution in [0.2, 0.25) is 0 Å². The molecule has 0 spiro atoms. The van der Waals surface area contributed by atoms with Crippen molar-refractivity contribution in [2.45, 2.75) is 50.7 Å². The zero-order valence-corrected chi connectivity index (χ0v) is 19.1. The molecule has 0 aliphatic carbocycles. The molecule has 33 heavy (non-hydrogen) atoms. The molecule has 2 atom stereocenters. The van der Waals surface area contributed by atoms with E-state index >= 15 is 0 Å². The molecule has 0 aromatic heterocycles. The molecule has 2 aromatic rings. The van der Waals surface area contributed by atoms with E-state index in [-0.39, 0.29) is 17.8 Å². The van der Waals surface area contributed by atoms with Gasteiger partial charge in [-0.1, -0.05) is 30.3 Å². The van der Waals surface area contributed by atoms with E-state index in [2.05, 4.69) is 6.58 Å². The van der Waals surface area contributed by atoms with Crippen LogP contribution in [0.3, 0.4) is 0 Å². The van der Waals surface area contributed by atoms with Crippen LogP contribution in [0.15, 0.2) is 61.2 Å². The third-order valence-corrected chi connectivity index (χ3v) is 6.87. The molecule has 0 bridgehead atoms. The van der Waals surface area contributed by atoms with Gasteiger partial charge in [0, 0.05) is 38.0 Å². The lowest BCUT2D eigenvalue weighted by molar-refractivity contribution is -0.0588. The lowest BCUT2D eigenvalue weighted by Crippen LogP contribution is -2.48. The van der Waals surface area contributed by atoms with E-state index in [1.165, 1.54) is 18.6 Å². The zero-order valence-electron chi connectivity index (χ0n) is 19.1. The number of hydrogen-bond donors (Lipinski definition) is 0. The fourth-order valence-electron chi connectivity index (χ4n) is 4.84. The predicted molar refractivity (Wildman–Crippen MR) is 125 cm³/mol. The Morgan fingerprint density at radius 3 is 2.36 bits per heavy atom. The lowest BCUT2D eigenvalue weighted by atomic mass is 9.85. The number of nitrogens with zero attached hydrogens (tertiary/aromatic N) is 2. The Balaban J connectivity index is 1.46. The van der Waals surface area contributed by atoms with Gasteiger partial charge in [-0.05, 0) is 61.6 Å². The minimum Gasteiger partial charge on any atom is -0.437 e. The summed E-state index contributed by atoms with van der Waals surface area (Å²) in [6.07, 6.45) is 5.65. The Morgan fingerprint density at radius 2 is 1.76 bits per heavy atom. The number of halogens is 1. The summed E-state index contributed by atoms with van der Waals surface area (Å²) < 4.78 is 19.4. The SMILES string of the molecule is C=CCC1(c2ccc(F)cc2)CCN(C(C)c2ccc(C(=O)N3CCCCC3)cc2)C(=O)O1. The Bertz CT molecular complexity index is 999. The summed E-state index contributed by atoms with van der Waals surface area (Å²) in [6.45, 7) is 7.91. The quantitative estimate of drug-likeness (QED) is 0.521. The highest BCUT2D eigenvalue weighted by Gasteiger charge is 2.42. The van der Waals surface area contributed by atoms with E-state index < -0.39 is 11.7 Å². The van der Waals surface area contributed by atoms with Crippen molar-refractivity contribution in [1.29, 1.82) is 0 Å². The van der Waals surface area contributed by atoms with Crippen molar-refractivity contribution in [3.05, 3.63) is 83.7 Å². The maximum Gasteiger partial charge on any atom is 0.411 e. The second kappa shape index (κ2) is 9.77. The molecule has 0 saturated carbocycles. The van der Waals surface area contributed by atoms with E-state index in [1.54, 1.807) is 23.1 Å². The van der Waals surface area contributed by atoms with E-state index in [0.717, 1.165) is 37.1 Å². The summed E-state index contributed by atoms with van der Waals surface area (Å²) >= 11 is 0.